The third kappa shape index (κ3) is 5.80. The van der Waals surface area contributed by atoms with Gasteiger partial charge in [0.1, 0.15) is 12.6 Å². The monoisotopic (exact) mass is 360 g/mol. The smallest absolute Gasteiger partial charge is 0.408 e. The van der Waals surface area contributed by atoms with E-state index in [-0.39, 0.29) is 18.6 Å². The quantitative estimate of drug-likeness (QED) is 0.822. The van der Waals surface area contributed by atoms with Crippen molar-refractivity contribution in [1.82, 2.24) is 10.6 Å². The highest BCUT2D eigenvalue weighted by atomic mass is 35.5. The van der Waals surface area contributed by atoms with Gasteiger partial charge in [0.05, 0.1) is 6.04 Å². The van der Waals surface area contributed by atoms with Gasteiger partial charge >= 0.3 is 6.09 Å². The average molecular weight is 361 g/mol. The van der Waals surface area contributed by atoms with Crippen molar-refractivity contribution in [3.8, 4) is 0 Å². The van der Waals surface area contributed by atoms with Crippen LogP contribution in [0.1, 0.15) is 31.0 Å². The molecule has 0 unspecified atom stereocenters. The zero-order valence-corrected chi connectivity index (χ0v) is 14.9. The summed E-state index contributed by atoms with van der Waals surface area (Å²) in [5, 5.41) is 5.92. The van der Waals surface area contributed by atoms with Crippen molar-refractivity contribution in [3.63, 3.8) is 0 Å². The van der Waals surface area contributed by atoms with Crippen LogP contribution in [0.5, 0.6) is 0 Å². The van der Waals surface area contributed by atoms with Gasteiger partial charge in [0.25, 0.3) is 0 Å². The number of alkyl carbamates (subject to hydrolysis) is 1. The first kappa shape index (κ1) is 18.8. The van der Waals surface area contributed by atoms with Crippen LogP contribution in [0.4, 0.5) is 4.79 Å². The maximum absolute atomic E-state index is 12.2. The van der Waals surface area contributed by atoms with Crippen LogP contribution in [0.25, 0.3) is 0 Å². The molecule has 0 saturated carbocycles. The lowest BCUT2D eigenvalue weighted by molar-refractivity contribution is -0.123. The molecule has 2 amide bonds. The number of hydrogen-bond acceptors (Lipinski definition) is 3. The summed E-state index contributed by atoms with van der Waals surface area (Å²) in [6.45, 7) is 3.58. The van der Waals surface area contributed by atoms with E-state index in [1.165, 1.54) is 0 Å². The fraction of sp³-hybridized carbons (Fsp3) is 0.263. The van der Waals surface area contributed by atoms with E-state index in [2.05, 4.69) is 10.6 Å². The van der Waals surface area contributed by atoms with Gasteiger partial charge < -0.3 is 15.4 Å². The summed E-state index contributed by atoms with van der Waals surface area (Å²) >= 11 is 6.12. The summed E-state index contributed by atoms with van der Waals surface area (Å²) in [6.07, 6.45) is -0.642. The standard InChI is InChI=1S/C19H21ClN2O3/c1-13(16-10-6-7-11-17(16)20)21-18(23)14(2)22-19(24)25-12-15-8-4-3-5-9-15/h3-11,13-14H,12H2,1-2H3,(H,21,23)(H,22,24)/t13-,14-/m0/s1. The van der Waals surface area contributed by atoms with Gasteiger partial charge in [-0.05, 0) is 31.0 Å². The lowest BCUT2D eigenvalue weighted by atomic mass is 10.1. The molecule has 0 aliphatic carbocycles. The van der Waals surface area contributed by atoms with E-state index in [1.807, 2.05) is 55.5 Å². The van der Waals surface area contributed by atoms with Crippen LogP contribution in [0, 0.1) is 0 Å². The Hall–Kier alpha value is -2.53. The minimum Gasteiger partial charge on any atom is -0.445 e. The molecule has 2 aromatic carbocycles. The Labute approximate surface area is 152 Å². The molecule has 2 atom stereocenters. The lowest BCUT2D eigenvalue weighted by Crippen LogP contribution is -2.45. The highest BCUT2D eigenvalue weighted by Crippen LogP contribution is 2.22. The Balaban J connectivity index is 1.81. The van der Waals surface area contributed by atoms with E-state index in [4.69, 9.17) is 16.3 Å². The minimum absolute atomic E-state index is 0.150. The molecule has 0 fully saturated rings. The lowest BCUT2D eigenvalue weighted by Gasteiger charge is -2.19. The van der Waals surface area contributed by atoms with Gasteiger partial charge in [-0.2, -0.15) is 0 Å². The predicted octanol–water partition coefficient (Wildman–Crippen LogP) is 3.83. The van der Waals surface area contributed by atoms with E-state index in [9.17, 15) is 9.59 Å². The second-order valence-corrected chi connectivity index (χ2v) is 6.09. The maximum atomic E-state index is 12.2. The first-order valence-corrected chi connectivity index (χ1v) is 8.37. The molecule has 0 aromatic heterocycles. The van der Waals surface area contributed by atoms with E-state index in [0.717, 1.165) is 11.1 Å². The van der Waals surface area contributed by atoms with Crippen molar-refractivity contribution in [3.05, 3.63) is 70.7 Å². The molecule has 132 valence electrons. The zero-order chi connectivity index (χ0) is 18.2. The van der Waals surface area contributed by atoms with Crippen LogP contribution in [0.2, 0.25) is 5.02 Å². The molecule has 2 N–H and O–H groups in total. The summed E-state index contributed by atoms with van der Waals surface area (Å²) < 4.78 is 5.11. The average Bonchev–Trinajstić information content (AvgIpc) is 2.61. The molecule has 0 saturated heterocycles. The number of ether oxygens (including phenoxy) is 1. The Kier molecular flexibility index (Phi) is 6.83. The summed E-state index contributed by atoms with van der Waals surface area (Å²) in [6, 6.07) is 15.6. The predicted molar refractivity (Wildman–Crippen MR) is 97.2 cm³/mol. The van der Waals surface area contributed by atoms with Crippen LogP contribution in [-0.4, -0.2) is 18.0 Å². The molecule has 5 nitrogen and oxygen atoms in total. The fourth-order valence-electron chi connectivity index (χ4n) is 2.25. The number of nitrogens with one attached hydrogen (secondary N) is 2. The van der Waals surface area contributed by atoms with Crippen LogP contribution in [0.3, 0.4) is 0 Å². The van der Waals surface area contributed by atoms with Gasteiger partial charge in [0.15, 0.2) is 0 Å². The van der Waals surface area contributed by atoms with Crippen molar-refractivity contribution < 1.29 is 14.3 Å². The number of halogens is 1. The SMILES string of the molecule is C[C@H](NC(=O)OCc1ccccc1)C(=O)N[C@@H](C)c1ccccc1Cl. The highest BCUT2D eigenvalue weighted by molar-refractivity contribution is 6.31. The number of carbonyl (C=O) groups is 2. The first-order valence-electron chi connectivity index (χ1n) is 7.99. The van der Waals surface area contributed by atoms with Crippen molar-refractivity contribution in [2.75, 3.05) is 0 Å². The molecule has 2 rings (SSSR count). The van der Waals surface area contributed by atoms with E-state index >= 15 is 0 Å². The maximum Gasteiger partial charge on any atom is 0.408 e. The molecule has 0 aliphatic rings. The molecular weight excluding hydrogens is 340 g/mol. The molecule has 25 heavy (non-hydrogen) atoms. The molecule has 0 spiro atoms. The van der Waals surface area contributed by atoms with Gasteiger partial charge in [-0.1, -0.05) is 60.1 Å². The fourth-order valence-corrected chi connectivity index (χ4v) is 2.55. The van der Waals surface area contributed by atoms with E-state index in [1.54, 1.807) is 13.0 Å². The number of carbonyl (C=O) groups excluding carboxylic acids is 2. The van der Waals surface area contributed by atoms with Gasteiger partial charge in [0.2, 0.25) is 5.91 Å². The van der Waals surface area contributed by atoms with E-state index in [0.29, 0.717) is 5.02 Å². The Bertz CT molecular complexity index is 722. The van der Waals surface area contributed by atoms with Gasteiger partial charge in [-0.3, -0.25) is 4.79 Å². The van der Waals surface area contributed by atoms with Crippen LogP contribution in [0.15, 0.2) is 54.6 Å². The van der Waals surface area contributed by atoms with Crippen molar-refractivity contribution >= 4 is 23.6 Å². The second-order valence-electron chi connectivity index (χ2n) is 5.68. The molecule has 0 bridgehead atoms. The summed E-state index contributed by atoms with van der Waals surface area (Å²) in [4.78, 5) is 24.0. The van der Waals surface area contributed by atoms with Gasteiger partial charge in [-0.25, -0.2) is 4.79 Å². The minimum atomic E-state index is -0.729. The number of hydrogen-bond donors (Lipinski definition) is 2. The van der Waals surface area contributed by atoms with Gasteiger partial charge in [-0.15, -0.1) is 0 Å². The topological polar surface area (TPSA) is 67.4 Å². The Morgan fingerprint density at radius 3 is 2.32 bits per heavy atom. The zero-order valence-electron chi connectivity index (χ0n) is 14.2. The summed E-state index contributed by atoms with van der Waals surface area (Å²) in [5.74, 6) is -0.316. The van der Waals surface area contributed by atoms with E-state index < -0.39 is 12.1 Å². The van der Waals surface area contributed by atoms with Gasteiger partial charge in [0, 0.05) is 5.02 Å². The second kappa shape index (κ2) is 9.08. The molecule has 0 aliphatic heterocycles. The van der Waals surface area contributed by atoms with Crippen LogP contribution >= 0.6 is 11.6 Å². The molecule has 2 aromatic rings. The summed E-state index contributed by atoms with van der Waals surface area (Å²) in [7, 11) is 0. The van der Waals surface area contributed by atoms with Crippen molar-refractivity contribution in [2.24, 2.45) is 0 Å². The molecular formula is C19H21ClN2O3. The van der Waals surface area contributed by atoms with Crippen LogP contribution < -0.4 is 10.6 Å². The molecule has 0 radical (unpaired) electrons. The largest absolute Gasteiger partial charge is 0.445 e. The summed E-state index contributed by atoms with van der Waals surface area (Å²) in [5.41, 5.74) is 1.69. The number of benzene rings is 2. The highest BCUT2D eigenvalue weighted by Gasteiger charge is 2.19. The third-order valence-corrected chi connectivity index (χ3v) is 4.02. The van der Waals surface area contributed by atoms with Crippen molar-refractivity contribution in [2.45, 2.75) is 32.5 Å². The number of amides is 2. The third-order valence-electron chi connectivity index (χ3n) is 3.67. The number of rotatable bonds is 6. The normalized spacial score (nSPS) is 12.8. The Morgan fingerprint density at radius 2 is 1.64 bits per heavy atom. The van der Waals surface area contributed by atoms with Crippen molar-refractivity contribution in [1.29, 1.82) is 0 Å². The Morgan fingerprint density at radius 1 is 1.00 bits per heavy atom. The molecule has 6 heteroatoms. The first-order chi connectivity index (χ1) is 12.0. The molecule has 0 heterocycles. The van der Waals surface area contributed by atoms with Crippen LogP contribution in [-0.2, 0) is 16.1 Å².